The van der Waals surface area contributed by atoms with Gasteiger partial charge >= 0.3 is 0 Å². The second-order valence-corrected chi connectivity index (χ2v) is 6.33. The second kappa shape index (κ2) is 6.27. The zero-order chi connectivity index (χ0) is 14.0. The highest BCUT2D eigenvalue weighted by Gasteiger charge is 2.09. The van der Waals surface area contributed by atoms with Crippen molar-refractivity contribution in [3.05, 3.63) is 55.9 Å². The summed E-state index contributed by atoms with van der Waals surface area (Å²) in [6.45, 7) is 1.91. The molecular weight excluding hydrogens is 393 g/mol. The van der Waals surface area contributed by atoms with E-state index in [4.69, 9.17) is 22.1 Å². The molecule has 0 aliphatic heterocycles. The fourth-order valence-electron chi connectivity index (χ4n) is 1.56. The minimum atomic E-state index is -0.0500. The maximum absolute atomic E-state index is 6.20. The highest BCUT2D eigenvalue weighted by Crippen LogP contribution is 2.35. The van der Waals surface area contributed by atoms with Crippen molar-refractivity contribution in [1.29, 1.82) is 0 Å². The Balaban J connectivity index is 2.28. The van der Waals surface area contributed by atoms with E-state index in [1.165, 1.54) is 0 Å². The first-order valence-corrected chi connectivity index (χ1v) is 7.61. The quantitative estimate of drug-likeness (QED) is 0.713. The number of benzene rings is 2. The van der Waals surface area contributed by atoms with Crippen molar-refractivity contribution < 1.29 is 4.74 Å². The summed E-state index contributed by atoms with van der Waals surface area (Å²) >= 11 is 13.0. The highest BCUT2D eigenvalue weighted by molar-refractivity contribution is 9.11. The molecule has 19 heavy (non-hydrogen) atoms. The molecule has 2 rings (SSSR count). The molecule has 100 valence electrons. The van der Waals surface area contributed by atoms with E-state index in [0.717, 1.165) is 14.5 Å². The molecule has 2 aromatic rings. The molecule has 0 heterocycles. The van der Waals surface area contributed by atoms with Crippen molar-refractivity contribution in [3.8, 4) is 11.5 Å². The molecule has 0 saturated heterocycles. The van der Waals surface area contributed by atoms with Gasteiger partial charge in [-0.25, -0.2) is 0 Å². The zero-order valence-electron chi connectivity index (χ0n) is 10.2. The molecule has 2 N–H and O–H groups in total. The van der Waals surface area contributed by atoms with E-state index in [1.54, 1.807) is 0 Å². The lowest BCUT2D eigenvalue weighted by Crippen LogP contribution is -2.04. The fraction of sp³-hybridized carbons (Fsp3) is 0.143. The van der Waals surface area contributed by atoms with Crippen LogP contribution in [-0.2, 0) is 0 Å². The number of hydrogen-bond donors (Lipinski definition) is 1. The zero-order valence-corrected chi connectivity index (χ0v) is 14.1. The van der Waals surface area contributed by atoms with Crippen molar-refractivity contribution in [3.63, 3.8) is 0 Å². The van der Waals surface area contributed by atoms with Crippen LogP contribution in [0.15, 0.2) is 45.3 Å². The average molecular weight is 406 g/mol. The van der Waals surface area contributed by atoms with Gasteiger partial charge in [-0.1, -0.05) is 33.6 Å². The van der Waals surface area contributed by atoms with Crippen LogP contribution < -0.4 is 10.5 Å². The number of nitrogens with two attached hydrogens (primary N) is 1. The topological polar surface area (TPSA) is 35.2 Å². The standard InChI is InChI=1S/C14H12Br2ClNO/c1-8(18)9-2-4-14(12(17)6-9)19-13-5-3-10(15)7-11(13)16/h2-8H,18H2,1H3/t8-/m0/s1. The fourth-order valence-corrected chi connectivity index (χ4v) is 2.92. The summed E-state index contributed by atoms with van der Waals surface area (Å²) in [6.07, 6.45) is 0. The smallest absolute Gasteiger partial charge is 0.146 e. The van der Waals surface area contributed by atoms with Crippen LogP contribution in [0.25, 0.3) is 0 Å². The molecule has 0 aromatic heterocycles. The van der Waals surface area contributed by atoms with Crippen molar-refractivity contribution in [1.82, 2.24) is 0 Å². The largest absolute Gasteiger partial charge is 0.455 e. The van der Waals surface area contributed by atoms with Gasteiger partial charge in [0.1, 0.15) is 11.5 Å². The molecule has 0 unspecified atom stereocenters. The lowest BCUT2D eigenvalue weighted by molar-refractivity contribution is 0.479. The van der Waals surface area contributed by atoms with Gasteiger partial charge < -0.3 is 10.5 Å². The summed E-state index contributed by atoms with van der Waals surface area (Å²) in [6, 6.07) is 11.2. The Kier molecular flexibility index (Phi) is 4.90. The first-order chi connectivity index (χ1) is 8.97. The minimum Gasteiger partial charge on any atom is -0.455 e. The molecule has 0 bridgehead atoms. The third-order valence-corrected chi connectivity index (χ3v) is 4.00. The Labute approximate surface area is 134 Å². The Morgan fingerprint density at radius 2 is 1.79 bits per heavy atom. The van der Waals surface area contributed by atoms with E-state index in [9.17, 15) is 0 Å². The summed E-state index contributed by atoms with van der Waals surface area (Å²) in [7, 11) is 0. The summed E-state index contributed by atoms with van der Waals surface area (Å²) in [5, 5.41) is 0.546. The second-order valence-electron chi connectivity index (χ2n) is 4.16. The van der Waals surface area contributed by atoms with Crippen LogP contribution in [0.4, 0.5) is 0 Å². The SMILES string of the molecule is C[C@H](N)c1ccc(Oc2ccc(Br)cc2Br)c(Cl)c1. The Morgan fingerprint density at radius 3 is 2.37 bits per heavy atom. The molecule has 0 saturated carbocycles. The van der Waals surface area contributed by atoms with Crippen LogP contribution in [0.5, 0.6) is 11.5 Å². The third-order valence-electron chi connectivity index (χ3n) is 2.60. The van der Waals surface area contributed by atoms with Crippen LogP contribution in [0.2, 0.25) is 5.02 Å². The lowest BCUT2D eigenvalue weighted by Gasteiger charge is -2.12. The molecule has 1 atom stereocenters. The number of hydrogen-bond acceptors (Lipinski definition) is 2. The molecule has 0 aliphatic rings. The van der Waals surface area contributed by atoms with E-state index in [1.807, 2.05) is 43.3 Å². The average Bonchev–Trinajstić information content (AvgIpc) is 2.34. The van der Waals surface area contributed by atoms with E-state index in [-0.39, 0.29) is 6.04 Å². The Hall–Kier alpha value is -0.550. The number of halogens is 3. The van der Waals surface area contributed by atoms with Crippen molar-refractivity contribution in [2.24, 2.45) is 5.73 Å². The molecular formula is C14H12Br2ClNO. The van der Waals surface area contributed by atoms with Gasteiger partial charge in [0.25, 0.3) is 0 Å². The normalized spacial score (nSPS) is 12.3. The maximum atomic E-state index is 6.20. The lowest BCUT2D eigenvalue weighted by atomic mass is 10.1. The number of rotatable bonds is 3. The molecule has 5 heteroatoms. The first kappa shape index (κ1) is 14.9. The summed E-state index contributed by atoms with van der Waals surface area (Å²) in [5.74, 6) is 1.31. The third kappa shape index (κ3) is 3.72. The molecule has 0 radical (unpaired) electrons. The predicted molar refractivity (Wildman–Crippen MR) is 86.0 cm³/mol. The van der Waals surface area contributed by atoms with E-state index in [2.05, 4.69) is 31.9 Å². The summed E-state index contributed by atoms with van der Waals surface area (Å²) in [5.41, 5.74) is 6.79. The van der Waals surface area contributed by atoms with Gasteiger partial charge in [-0.05, 0) is 58.7 Å². The molecule has 0 amide bonds. The first-order valence-electron chi connectivity index (χ1n) is 5.65. The molecule has 0 aliphatic carbocycles. The maximum Gasteiger partial charge on any atom is 0.146 e. The van der Waals surface area contributed by atoms with E-state index >= 15 is 0 Å². The van der Waals surface area contributed by atoms with Crippen molar-refractivity contribution >= 4 is 43.5 Å². The van der Waals surface area contributed by atoms with Crippen LogP contribution in [0, 0.1) is 0 Å². The molecule has 0 spiro atoms. The van der Waals surface area contributed by atoms with Gasteiger partial charge in [0, 0.05) is 10.5 Å². The van der Waals surface area contributed by atoms with Gasteiger partial charge in [-0.3, -0.25) is 0 Å². The summed E-state index contributed by atoms with van der Waals surface area (Å²) < 4.78 is 7.62. The van der Waals surface area contributed by atoms with Gasteiger partial charge in [-0.15, -0.1) is 0 Å². The molecule has 2 aromatic carbocycles. The number of ether oxygens (including phenoxy) is 1. The van der Waals surface area contributed by atoms with Gasteiger partial charge in [-0.2, -0.15) is 0 Å². The molecule has 2 nitrogen and oxygen atoms in total. The predicted octanol–water partition coefficient (Wildman–Crippen LogP) is 5.68. The summed E-state index contributed by atoms with van der Waals surface area (Å²) in [4.78, 5) is 0. The van der Waals surface area contributed by atoms with Crippen LogP contribution >= 0.6 is 43.5 Å². The van der Waals surface area contributed by atoms with E-state index in [0.29, 0.717) is 16.5 Å². The van der Waals surface area contributed by atoms with Gasteiger partial charge in [0.2, 0.25) is 0 Å². The van der Waals surface area contributed by atoms with Crippen LogP contribution in [0.3, 0.4) is 0 Å². The highest BCUT2D eigenvalue weighted by atomic mass is 79.9. The van der Waals surface area contributed by atoms with E-state index < -0.39 is 0 Å². The Morgan fingerprint density at radius 1 is 1.11 bits per heavy atom. The van der Waals surface area contributed by atoms with Crippen LogP contribution in [-0.4, -0.2) is 0 Å². The van der Waals surface area contributed by atoms with Crippen molar-refractivity contribution in [2.75, 3.05) is 0 Å². The van der Waals surface area contributed by atoms with Crippen LogP contribution in [0.1, 0.15) is 18.5 Å². The van der Waals surface area contributed by atoms with Crippen molar-refractivity contribution in [2.45, 2.75) is 13.0 Å². The minimum absolute atomic E-state index is 0.0500. The monoisotopic (exact) mass is 403 g/mol. The van der Waals surface area contributed by atoms with Gasteiger partial charge in [0.15, 0.2) is 0 Å². The Bertz CT molecular complexity index is 602. The molecule has 0 fully saturated rings. The van der Waals surface area contributed by atoms with Gasteiger partial charge in [0.05, 0.1) is 9.50 Å².